The van der Waals surface area contributed by atoms with E-state index in [2.05, 4.69) is 64.9 Å². The summed E-state index contributed by atoms with van der Waals surface area (Å²) in [5.41, 5.74) is 8.30. The lowest BCUT2D eigenvalue weighted by molar-refractivity contribution is 0.0696. The Morgan fingerprint density at radius 2 is 1.50 bits per heavy atom. The van der Waals surface area contributed by atoms with Gasteiger partial charge in [-0.25, -0.2) is 13.2 Å². The Labute approximate surface area is 406 Å². The van der Waals surface area contributed by atoms with Crippen LogP contribution in [0.25, 0.3) is 22.4 Å². The number of aliphatic hydroxyl groups excluding tert-OH is 1. The van der Waals surface area contributed by atoms with E-state index in [0.29, 0.717) is 22.0 Å². The summed E-state index contributed by atoms with van der Waals surface area (Å²) in [5.74, 6) is -0.122. The number of sulfonamides is 1. The molecule has 346 valence electrons. The highest BCUT2D eigenvalue weighted by Crippen LogP contribution is 2.42. The number of piperidine rings is 1. The predicted octanol–water partition coefficient (Wildman–Crippen LogP) is 10.6. The number of rotatable bonds is 16. The molecule has 0 aliphatic carbocycles. The molecule has 5 aromatic carbocycles. The Morgan fingerprint density at radius 3 is 2.15 bits per heavy atom. The normalized spacial score (nSPS) is 15.5. The van der Waals surface area contributed by atoms with E-state index in [1.54, 1.807) is 24.3 Å². The number of anilines is 4. The van der Waals surface area contributed by atoms with Crippen LogP contribution in [0.15, 0.2) is 130 Å². The Hall–Kier alpha value is -4.96. The number of hydrogen-bond acceptors (Lipinski definition) is 9. The van der Waals surface area contributed by atoms with Gasteiger partial charge in [0.15, 0.2) is 0 Å². The minimum Gasteiger partial charge on any atom is -0.478 e. The molecule has 8 rings (SSSR count). The van der Waals surface area contributed by atoms with E-state index in [9.17, 15) is 23.4 Å². The average Bonchev–Trinajstić information content (AvgIpc) is 3.58. The first-order valence-electron chi connectivity index (χ1n) is 22.3. The summed E-state index contributed by atoms with van der Waals surface area (Å²) >= 11 is 11.8. The van der Waals surface area contributed by atoms with Crippen LogP contribution >= 0.6 is 39.3 Å². The summed E-state index contributed by atoms with van der Waals surface area (Å²) in [4.78, 5) is 21.1. The number of nitrogens with one attached hydrogen (secondary N) is 2. The van der Waals surface area contributed by atoms with Gasteiger partial charge < -0.3 is 34.8 Å². The number of nitrogens with zero attached hydrogens (tertiary/aromatic N) is 4. The van der Waals surface area contributed by atoms with Crippen LogP contribution in [0, 0.1) is 13.8 Å². The Bertz CT molecular complexity index is 2760. The molecule has 1 atom stereocenters. The maximum absolute atomic E-state index is 13.7. The van der Waals surface area contributed by atoms with Crippen molar-refractivity contribution in [2.24, 2.45) is 7.05 Å². The maximum atomic E-state index is 13.7. The zero-order valence-electron chi connectivity index (χ0n) is 37.4. The monoisotopic (exact) mass is 1010 g/mol. The number of halogens is 2. The summed E-state index contributed by atoms with van der Waals surface area (Å²) in [7, 11) is -1.97. The van der Waals surface area contributed by atoms with Gasteiger partial charge in [-0.15, -0.1) is 11.8 Å². The molecule has 3 heterocycles. The van der Waals surface area contributed by atoms with E-state index in [1.807, 2.05) is 104 Å². The van der Waals surface area contributed by atoms with E-state index in [0.717, 1.165) is 115 Å². The third-order valence-corrected chi connectivity index (χ3v) is 16.0. The first kappa shape index (κ1) is 47.5. The molecule has 1 aromatic heterocycles. The van der Waals surface area contributed by atoms with Crippen LogP contribution in [-0.4, -0.2) is 97.8 Å². The van der Waals surface area contributed by atoms with Crippen molar-refractivity contribution in [3.8, 4) is 22.4 Å². The van der Waals surface area contributed by atoms with Gasteiger partial charge in [0.05, 0.1) is 22.3 Å². The van der Waals surface area contributed by atoms with Crippen molar-refractivity contribution >= 4 is 78.0 Å². The lowest BCUT2D eigenvalue weighted by Gasteiger charge is -2.37. The number of carboxylic acid groups (broad SMARTS) is 1. The van der Waals surface area contributed by atoms with Crippen LogP contribution in [0.1, 0.15) is 40.9 Å². The standard InChI is InChI=1S/C51H56BrClN6O5S2/c1-34-29-46(17-18-47(34)54-41(33-65-45-7-5-4-6-8-45)19-22-57-23-20-44(60)21-24-57)66(63,64)55-40-13-15-42(16-14-40)58-25-27-59(28-26-58)43-31-37(30-38(52)32-43)49-48(51(61)62)35(2)56(3)50(49)36-9-11-39(53)12-10-36/h4-18,29-32,41,44,54-55,60H,19-28,33H2,1-3H3,(H,61,62)/t41-/m1/s1. The number of carboxylic acids is 1. The Morgan fingerprint density at radius 1 is 0.833 bits per heavy atom. The molecule has 2 aliphatic heterocycles. The van der Waals surface area contributed by atoms with Crippen molar-refractivity contribution in [1.82, 2.24) is 9.47 Å². The fourth-order valence-corrected chi connectivity index (χ4v) is 11.7. The van der Waals surface area contributed by atoms with Gasteiger partial charge in [-0.3, -0.25) is 4.72 Å². The molecule has 11 nitrogen and oxygen atoms in total. The summed E-state index contributed by atoms with van der Waals surface area (Å²) in [6, 6.07) is 36.9. The fraction of sp³-hybridized carbons (Fsp3) is 0.314. The lowest BCUT2D eigenvalue weighted by Crippen LogP contribution is -2.46. The summed E-state index contributed by atoms with van der Waals surface area (Å²) in [6.07, 6.45) is 2.34. The molecule has 66 heavy (non-hydrogen) atoms. The summed E-state index contributed by atoms with van der Waals surface area (Å²) < 4.78 is 33.0. The second kappa shape index (κ2) is 20.9. The second-order valence-electron chi connectivity index (χ2n) is 17.2. The highest BCUT2D eigenvalue weighted by atomic mass is 79.9. The van der Waals surface area contributed by atoms with Crippen LogP contribution in [0.3, 0.4) is 0 Å². The first-order chi connectivity index (χ1) is 31.7. The molecule has 2 aliphatic rings. The van der Waals surface area contributed by atoms with Crippen LogP contribution in [0.5, 0.6) is 0 Å². The molecule has 0 unspecified atom stereocenters. The fourth-order valence-electron chi connectivity index (χ4n) is 8.95. The molecule has 4 N–H and O–H groups in total. The van der Waals surface area contributed by atoms with Crippen molar-refractivity contribution in [1.29, 1.82) is 0 Å². The molecule has 0 spiro atoms. The molecule has 2 saturated heterocycles. The van der Waals surface area contributed by atoms with Crippen LogP contribution in [0.2, 0.25) is 5.02 Å². The third-order valence-electron chi connectivity index (χ3n) is 12.7. The van der Waals surface area contributed by atoms with Gasteiger partial charge in [-0.2, -0.15) is 0 Å². The van der Waals surface area contributed by atoms with Crippen molar-refractivity contribution in [3.05, 3.63) is 142 Å². The number of aliphatic hydroxyl groups is 1. The number of aromatic nitrogens is 1. The first-order valence-corrected chi connectivity index (χ1v) is 25.9. The zero-order valence-corrected chi connectivity index (χ0v) is 41.4. The SMILES string of the molecule is Cc1cc(S(=O)(=O)Nc2ccc(N3CCN(c4cc(Br)cc(-c5c(C(=O)O)c(C)n(C)c5-c5ccc(Cl)cc5)c4)CC3)cc2)ccc1N[C@H](CCN1CCC(O)CC1)CSc1ccccc1. The van der Waals surface area contributed by atoms with Crippen molar-refractivity contribution in [2.45, 2.75) is 55.0 Å². The molecular weight excluding hydrogens is 956 g/mol. The number of hydrogen-bond donors (Lipinski definition) is 4. The zero-order chi connectivity index (χ0) is 46.5. The molecule has 0 bridgehead atoms. The minimum absolute atomic E-state index is 0.157. The van der Waals surface area contributed by atoms with Gasteiger partial charge in [0.25, 0.3) is 10.0 Å². The topological polar surface area (TPSA) is 130 Å². The van der Waals surface area contributed by atoms with E-state index in [1.165, 1.54) is 4.90 Å². The maximum Gasteiger partial charge on any atom is 0.338 e. The van der Waals surface area contributed by atoms with Gasteiger partial charge >= 0.3 is 5.97 Å². The number of aryl methyl sites for hydroxylation is 1. The van der Waals surface area contributed by atoms with E-state index in [-0.39, 0.29) is 22.6 Å². The smallest absolute Gasteiger partial charge is 0.338 e. The van der Waals surface area contributed by atoms with Gasteiger partial charge in [-0.1, -0.05) is 57.9 Å². The van der Waals surface area contributed by atoms with Gasteiger partial charge in [-0.05, 0) is 135 Å². The number of carbonyl (C=O) groups is 1. The highest BCUT2D eigenvalue weighted by molar-refractivity contribution is 9.10. The Balaban J connectivity index is 0.904. The van der Waals surface area contributed by atoms with Gasteiger partial charge in [0.2, 0.25) is 0 Å². The molecule has 2 fully saturated rings. The number of aromatic carboxylic acids is 1. The van der Waals surface area contributed by atoms with E-state index in [4.69, 9.17) is 11.6 Å². The molecular formula is C51H56BrClN6O5S2. The predicted molar refractivity (Wildman–Crippen MR) is 274 cm³/mol. The van der Waals surface area contributed by atoms with Gasteiger partial charge in [0, 0.05) is 113 Å². The van der Waals surface area contributed by atoms with Crippen LogP contribution in [0.4, 0.5) is 22.7 Å². The summed E-state index contributed by atoms with van der Waals surface area (Å²) in [5, 5.41) is 24.7. The molecule has 6 aromatic rings. The van der Waals surface area contributed by atoms with Crippen molar-refractivity contribution in [3.63, 3.8) is 0 Å². The van der Waals surface area contributed by atoms with E-state index >= 15 is 0 Å². The third kappa shape index (κ3) is 11.2. The van der Waals surface area contributed by atoms with Crippen molar-refractivity contribution < 1.29 is 23.4 Å². The largest absolute Gasteiger partial charge is 0.478 e. The number of likely N-dealkylation sites (tertiary alicyclic amines) is 1. The minimum atomic E-state index is -3.86. The Kier molecular flexibility index (Phi) is 15.1. The highest BCUT2D eigenvalue weighted by Gasteiger charge is 2.28. The number of benzene rings is 5. The second-order valence-corrected chi connectivity index (χ2v) is 21.3. The van der Waals surface area contributed by atoms with Gasteiger partial charge in [0.1, 0.15) is 0 Å². The number of thioether (sulfide) groups is 1. The molecule has 15 heteroatoms. The molecule has 0 radical (unpaired) electrons. The molecule has 0 amide bonds. The van der Waals surface area contributed by atoms with Crippen molar-refractivity contribution in [2.75, 3.05) is 71.4 Å². The quantitative estimate of drug-likeness (QED) is 0.0696. The van der Waals surface area contributed by atoms with E-state index < -0.39 is 16.0 Å². The number of piperazine rings is 1. The van der Waals surface area contributed by atoms with Crippen LogP contribution < -0.4 is 19.8 Å². The molecule has 0 saturated carbocycles. The van der Waals surface area contributed by atoms with Crippen LogP contribution in [-0.2, 0) is 17.1 Å². The average molecular weight is 1010 g/mol. The summed E-state index contributed by atoms with van der Waals surface area (Å²) in [6.45, 7) is 9.44. The lowest BCUT2D eigenvalue weighted by atomic mass is 9.96.